The molecule has 0 aliphatic heterocycles. The molecule has 3 atom stereocenters. The van der Waals surface area contributed by atoms with Crippen LogP contribution in [0.15, 0.2) is 30.3 Å². The van der Waals surface area contributed by atoms with E-state index in [1.807, 2.05) is 11.8 Å². The van der Waals surface area contributed by atoms with Gasteiger partial charge in [0.15, 0.2) is 0 Å². The highest BCUT2D eigenvalue weighted by Crippen LogP contribution is 2.30. The molecule has 0 spiro atoms. The number of benzene rings is 1. The number of rotatable bonds is 4. The highest BCUT2D eigenvalue weighted by molar-refractivity contribution is 7.99. The lowest BCUT2D eigenvalue weighted by Crippen LogP contribution is -2.16. The normalized spacial score (nSPS) is 17.4. The highest BCUT2D eigenvalue weighted by Gasteiger charge is 2.19. The van der Waals surface area contributed by atoms with E-state index in [9.17, 15) is 0 Å². The van der Waals surface area contributed by atoms with Gasteiger partial charge < -0.3 is 0 Å². The fourth-order valence-corrected chi connectivity index (χ4v) is 2.35. The largest absolute Gasteiger partial charge is 0.162 e. The summed E-state index contributed by atoms with van der Waals surface area (Å²) in [5, 5.41) is 0.727. The lowest BCUT2D eigenvalue weighted by atomic mass is 9.87. The maximum atomic E-state index is 2.35. The Morgan fingerprint density at radius 3 is 2.07 bits per heavy atom. The molecule has 0 aliphatic carbocycles. The van der Waals surface area contributed by atoms with Crippen molar-refractivity contribution < 1.29 is 0 Å². The second-order valence-corrected chi connectivity index (χ2v) is 5.21. The second kappa shape index (κ2) is 5.45. The van der Waals surface area contributed by atoms with E-state index in [0.29, 0.717) is 5.92 Å². The van der Waals surface area contributed by atoms with Crippen LogP contribution in [0, 0.1) is 5.92 Å². The van der Waals surface area contributed by atoms with Crippen LogP contribution in [0.1, 0.15) is 32.3 Å². The summed E-state index contributed by atoms with van der Waals surface area (Å²) in [5.74, 6) is 1.38. The van der Waals surface area contributed by atoms with Gasteiger partial charge in [0.05, 0.1) is 0 Å². The van der Waals surface area contributed by atoms with Gasteiger partial charge >= 0.3 is 0 Å². The third kappa shape index (κ3) is 2.78. The predicted molar refractivity (Wildman–Crippen MR) is 67.0 cm³/mol. The van der Waals surface area contributed by atoms with E-state index in [4.69, 9.17) is 0 Å². The van der Waals surface area contributed by atoms with Gasteiger partial charge in [-0.1, -0.05) is 51.1 Å². The molecule has 78 valence electrons. The average Bonchev–Trinajstić information content (AvgIpc) is 2.27. The first-order valence-corrected chi connectivity index (χ1v) is 6.53. The third-order valence-electron chi connectivity index (χ3n) is 3.23. The van der Waals surface area contributed by atoms with Crippen LogP contribution in [0.25, 0.3) is 0 Å². The summed E-state index contributed by atoms with van der Waals surface area (Å²) in [6.45, 7) is 6.99. The Morgan fingerprint density at radius 1 is 1.00 bits per heavy atom. The molecule has 0 radical (unpaired) electrons. The molecule has 1 rings (SSSR count). The summed E-state index contributed by atoms with van der Waals surface area (Å²) in [4.78, 5) is 0. The molecule has 14 heavy (non-hydrogen) atoms. The molecule has 0 saturated carbocycles. The number of hydrogen-bond acceptors (Lipinski definition) is 1. The van der Waals surface area contributed by atoms with Crippen molar-refractivity contribution in [2.45, 2.75) is 31.9 Å². The molecule has 0 bridgehead atoms. The van der Waals surface area contributed by atoms with Crippen molar-refractivity contribution in [3.8, 4) is 0 Å². The molecule has 0 aromatic heterocycles. The Kier molecular flexibility index (Phi) is 4.53. The van der Waals surface area contributed by atoms with E-state index in [1.54, 1.807) is 0 Å². The molecular formula is C13H20S. The Balaban J connectivity index is 2.70. The lowest BCUT2D eigenvalue weighted by molar-refractivity contribution is 0.485. The SMILES string of the molecule is CSC(C)C(C)C(C)c1ccccc1. The van der Waals surface area contributed by atoms with Crippen LogP contribution < -0.4 is 0 Å². The molecule has 0 heterocycles. The average molecular weight is 208 g/mol. The lowest BCUT2D eigenvalue weighted by Gasteiger charge is -2.25. The monoisotopic (exact) mass is 208 g/mol. The summed E-state index contributed by atoms with van der Waals surface area (Å²) < 4.78 is 0. The van der Waals surface area contributed by atoms with Gasteiger partial charge in [0.2, 0.25) is 0 Å². The first-order chi connectivity index (χ1) is 6.66. The summed E-state index contributed by atoms with van der Waals surface area (Å²) in [5.41, 5.74) is 1.46. The first kappa shape index (κ1) is 11.6. The standard InChI is InChI=1S/C13H20S/c1-10(12(3)14-4)11(2)13-8-6-5-7-9-13/h5-12H,1-4H3. The Morgan fingerprint density at radius 2 is 1.57 bits per heavy atom. The van der Waals surface area contributed by atoms with E-state index in [2.05, 4.69) is 57.4 Å². The van der Waals surface area contributed by atoms with Crippen molar-refractivity contribution in [1.29, 1.82) is 0 Å². The maximum Gasteiger partial charge on any atom is 0.00473 e. The van der Waals surface area contributed by atoms with Crippen molar-refractivity contribution in [3.63, 3.8) is 0 Å². The van der Waals surface area contributed by atoms with Crippen molar-refractivity contribution in [1.82, 2.24) is 0 Å². The van der Waals surface area contributed by atoms with Gasteiger partial charge in [0, 0.05) is 5.25 Å². The van der Waals surface area contributed by atoms with Gasteiger partial charge in [-0.25, -0.2) is 0 Å². The smallest absolute Gasteiger partial charge is 0.00473 e. The van der Waals surface area contributed by atoms with Crippen molar-refractivity contribution in [2.24, 2.45) is 5.92 Å². The molecule has 1 heteroatoms. The van der Waals surface area contributed by atoms with Gasteiger partial charge in [-0.2, -0.15) is 11.8 Å². The Bertz CT molecular complexity index is 255. The minimum absolute atomic E-state index is 0.652. The molecule has 1 aromatic carbocycles. The zero-order chi connectivity index (χ0) is 10.6. The molecular weight excluding hydrogens is 188 g/mol. The fourth-order valence-electron chi connectivity index (χ4n) is 1.68. The predicted octanol–water partition coefficient (Wildman–Crippen LogP) is 4.18. The zero-order valence-corrected chi connectivity index (χ0v) is 10.3. The van der Waals surface area contributed by atoms with Gasteiger partial charge in [-0.15, -0.1) is 0 Å². The molecule has 0 N–H and O–H groups in total. The summed E-state index contributed by atoms with van der Waals surface area (Å²) in [7, 11) is 0. The molecule has 1 aromatic rings. The summed E-state index contributed by atoms with van der Waals surface area (Å²) in [6.07, 6.45) is 2.19. The van der Waals surface area contributed by atoms with Crippen molar-refractivity contribution in [2.75, 3.05) is 6.26 Å². The van der Waals surface area contributed by atoms with Crippen molar-refractivity contribution in [3.05, 3.63) is 35.9 Å². The highest BCUT2D eigenvalue weighted by atomic mass is 32.2. The Labute approximate surface area is 92.1 Å². The molecule has 0 amide bonds. The van der Waals surface area contributed by atoms with Gasteiger partial charge in [0.25, 0.3) is 0 Å². The van der Waals surface area contributed by atoms with E-state index in [0.717, 1.165) is 11.2 Å². The Hall–Kier alpha value is -0.430. The number of thioether (sulfide) groups is 1. The minimum Gasteiger partial charge on any atom is -0.162 e. The topological polar surface area (TPSA) is 0 Å². The summed E-state index contributed by atoms with van der Waals surface area (Å²) >= 11 is 1.96. The van der Waals surface area contributed by atoms with Crippen molar-refractivity contribution >= 4 is 11.8 Å². The van der Waals surface area contributed by atoms with Crippen LogP contribution in [0.3, 0.4) is 0 Å². The molecule has 0 aliphatic rings. The van der Waals surface area contributed by atoms with Crippen LogP contribution in [0.4, 0.5) is 0 Å². The van der Waals surface area contributed by atoms with E-state index in [-0.39, 0.29) is 0 Å². The maximum absolute atomic E-state index is 2.35. The summed E-state index contributed by atoms with van der Waals surface area (Å²) in [6, 6.07) is 10.8. The van der Waals surface area contributed by atoms with Gasteiger partial charge in [-0.05, 0) is 23.7 Å². The van der Waals surface area contributed by atoms with Gasteiger partial charge in [0.1, 0.15) is 0 Å². The van der Waals surface area contributed by atoms with Crippen LogP contribution in [-0.4, -0.2) is 11.5 Å². The van der Waals surface area contributed by atoms with E-state index < -0.39 is 0 Å². The molecule has 0 fully saturated rings. The molecule has 0 saturated heterocycles. The first-order valence-electron chi connectivity index (χ1n) is 5.24. The van der Waals surface area contributed by atoms with Crippen LogP contribution in [0.2, 0.25) is 0 Å². The molecule has 0 nitrogen and oxygen atoms in total. The van der Waals surface area contributed by atoms with E-state index >= 15 is 0 Å². The third-order valence-corrected chi connectivity index (χ3v) is 4.40. The van der Waals surface area contributed by atoms with Crippen LogP contribution in [-0.2, 0) is 0 Å². The fraction of sp³-hybridized carbons (Fsp3) is 0.538. The zero-order valence-electron chi connectivity index (χ0n) is 9.53. The molecule has 3 unspecified atom stereocenters. The van der Waals surface area contributed by atoms with Crippen LogP contribution in [0.5, 0.6) is 0 Å². The van der Waals surface area contributed by atoms with Crippen LogP contribution >= 0.6 is 11.8 Å². The van der Waals surface area contributed by atoms with Gasteiger partial charge in [-0.3, -0.25) is 0 Å². The quantitative estimate of drug-likeness (QED) is 0.715. The second-order valence-electron chi connectivity index (χ2n) is 4.00. The number of hydrogen-bond donors (Lipinski definition) is 0. The van der Waals surface area contributed by atoms with E-state index in [1.165, 1.54) is 5.56 Å². The minimum atomic E-state index is 0.652.